The number of halogens is 3. The molecule has 8 heteroatoms. The molecule has 2 N–H and O–H groups in total. The van der Waals surface area contributed by atoms with Gasteiger partial charge in [-0.25, -0.2) is 13.2 Å². The Bertz CT molecular complexity index is 1450. The zero-order chi connectivity index (χ0) is 27.6. The first-order valence-corrected chi connectivity index (χ1v) is 12.3. The molecule has 0 aliphatic carbocycles. The van der Waals surface area contributed by atoms with E-state index in [0.29, 0.717) is 30.2 Å². The summed E-state index contributed by atoms with van der Waals surface area (Å²) in [4.78, 5) is 0. The lowest BCUT2D eigenvalue weighted by atomic mass is 9.95. The Kier molecular flexibility index (Phi) is 9.57. The molecule has 0 bridgehead atoms. The zero-order valence-corrected chi connectivity index (χ0v) is 21.0. The van der Waals surface area contributed by atoms with E-state index in [2.05, 4.69) is 11.4 Å². The summed E-state index contributed by atoms with van der Waals surface area (Å²) in [6.07, 6.45) is -2.83. The van der Waals surface area contributed by atoms with Crippen molar-refractivity contribution in [2.75, 3.05) is 13.2 Å². The molecule has 4 aromatic rings. The van der Waals surface area contributed by atoms with Crippen molar-refractivity contribution in [1.82, 2.24) is 5.32 Å². The fourth-order valence-electron chi connectivity index (χ4n) is 4.17. The van der Waals surface area contributed by atoms with Crippen LogP contribution in [0.2, 0.25) is 0 Å². The Balaban J connectivity index is 1.57. The summed E-state index contributed by atoms with van der Waals surface area (Å²) < 4.78 is 54.7. The minimum absolute atomic E-state index is 0.0171. The van der Waals surface area contributed by atoms with Gasteiger partial charge in [-0.2, -0.15) is 5.26 Å². The predicted octanol–water partition coefficient (Wildman–Crippen LogP) is 6.54. The number of aliphatic hydroxyl groups excluding tert-OH is 1. The second-order valence-electron chi connectivity index (χ2n) is 8.72. The standard InChI is InChI=1S/C31H27F3N2O3/c32-28-10-2-1-8-26(28)27-9-4-7-24(30(27)31(33)34)20-38-25-12-11-23(18-36-13-14-37)29(16-25)39-19-22-6-3-5-21(15-22)17-35/h1-12,15-16,31,36-37H,13-14,18-20H2. The van der Waals surface area contributed by atoms with Crippen molar-refractivity contribution in [3.8, 4) is 28.7 Å². The van der Waals surface area contributed by atoms with Gasteiger partial charge >= 0.3 is 0 Å². The maximum Gasteiger partial charge on any atom is 0.264 e. The first-order valence-electron chi connectivity index (χ1n) is 12.3. The second-order valence-corrected chi connectivity index (χ2v) is 8.72. The fourth-order valence-corrected chi connectivity index (χ4v) is 4.17. The number of aliphatic hydroxyl groups is 1. The summed E-state index contributed by atoms with van der Waals surface area (Å²) in [5, 5.41) is 21.3. The third kappa shape index (κ3) is 7.17. The average molecular weight is 533 g/mol. The molecule has 0 unspecified atom stereocenters. The van der Waals surface area contributed by atoms with Crippen molar-refractivity contribution >= 4 is 0 Å². The van der Waals surface area contributed by atoms with Crippen LogP contribution < -0.4 is 14.8 Å². The number of nitrogens with zero attached hydrogens (tertiary/aromatic N) is 1. The molecule has 4 rings (SSSR count). The highest BCUT2D eigenvalue weighted by atomic mass is 19.3. The molecular weight excluding hydrogens is 505 g/mol. The Morgan fingerprint density at radius 2 is 1.64 bits per heavy atom. The van der Waals surface area contributed by atoms with Crippen LogP contribution in [0, 0.1) is 17.1 Å². The quantitative estimate of drug-likeness (QED) is 0.203. The Morgan fingerprint density at radius 3 is 2.41 bits per heavy atom. The van der Waals surface area contributed by atoms with E-state index in [9.17, 15) is 13.2 Å². The Labute approximate surface area is 225 Å². The van der Waals surface area contributed by atoms with Crippen molar-refractivity contribution in [3.63, 3.8) is 0 Å². The molecule has 0 amide bonds. The largest absolute Gasteiger partial charge is 0.489 e. The fraction of sp³-hybridized carbons (Fsp3) is 0.194. The molecule has 0 aliphatic rings. The lowest BCUT2D eigenvalue weighted by Crippen LogP contribution is -2.18. The van der Waals surface area contributed by atoms with E-state index in [4.69, 9.17) is 19.8 Å². The molecule has 0 atom stereocenters. The number of benzene rings is 4. The van der Waals surface area contributed by atoms with Gasteiger partial charge in [0.2, 0.25) is 0 Å². The van der Waals surface area contributed by atoms with Crippen molar-refractivity contribution < 1.29 is 27.8 Å². The smallest absolute Gasteiger partial charge is 0.264 e. The summed E-state index contributed by atoms with van der Waals surface area (Å²) in [6.45, 7) is 0.849. The van der Waals surface area contributed by atoms with Crippen LogP contribution in [-0.2, 0) is 19.8 Å². The van der Waals surface area contributed by atoms with E-state index in [1.807, 2.05) is 6.07 Å². The van der Waals surface area contributed by atoms with Gasteiger partial charge in [-0.05, 0) is 41.0 Å². The van der Waals surface area contributed by atoms with Gasteiger partial charge in [-0.15, -0.1) is 0 Å². The predicted molar refractivity (Wildman–Crippen MR) is 142 cm³/mol. The lowest BCUT2D eigenvalue weighted by Gasteiger charge is -2.17. The summed E-state index contributed by atoms with van der Waals surface area (Å²) in [5.74, 6) is 0.331. The van der Waals surface area contributed by atoms with E-state index in [1.165, 1.54) is 24.3 Å². The van der Waals surface area contributed by atoms with E-state index in [1.54, 1.807) is 54.6 Å². The van der Waals surface area contributed by atoms with Crippen LogP contribution >= 0.6 is 0 Å². The Morgan fingerprint density at radius 1 is 0.846 bits per heavy atom. The van der Waals surface area contributed by atoms with Gasteiger partial charge < -0.3 is 19.9 Å². The van der Waals surface area contributed by atoms with Crippen LogP contribution in [0.3, 0.4) is 0 Å². The van der Waals surface area contributed by atoms with E-state index in [-0.39, 0.29) is 42.1 Å². The van der Waals surface area contributed by atoms with Crippen LogP contribution in [0.25, 0.3) is 11.1 Å². The number of hydrogen-bond donors (Lipinski definition) is 2. The molecule has 0 saturated heterocycles. The maximum absolute atomic E-state index is 14.4. The molecule has 39 heavy (non-hydrogen) atoms. The van der Waals surface area contributed by atoms with Crippen molar-refractivity contribution in [1.29, 1.82) is 5.26 Å². The monoisotopic (exact) mass is 532 g/mol. The van der Waals surface area contributed by atoms with Crippen LogP contribution in [0.4, 0.5) is 13.2 Å². The number of alkyl halides is 2. The van der Waals surface area contributed by atoms with E-state index in [0.717, 1.165) is 11.1 Å². The molecular formula is C31H27F3N2O3. The minimum atomic E-state index is -2.83. The molecule has 200 valence electrons. The topological polar surface area (TPSA) is 74.5 Å². The van der Waals surface area contributed by atoms with Crippen LogP contribution in [0.1, 0.15) is 34.2 Å². The van der Waals surface area contributed by atoms with E-state index < -0.39 is 12.2 Å². The van der Waals surface area contributed by atoms with Gasteiger partial charge in [0.15, 0.2) is 0 Å². The molecule has 5 nitrogen and oxygen atoms in total. The van der Waals surface area contributed by atoms with Gasteiger partial charge in [0.1, 0.15) is 30.5 Å². The maximum atomic E-state index is 14.4. The molecule has 0 fully saturated rings. The SMILES string of the molecule is N#Cc1cccc(COc2cc(OCc3cccc(-c4ccccc4F)c3C(F)F)ccc2CNCCO)c1. The first-order chi connectivity index (χ1) is 19.0. The minimum Gasteiger partial charge on any atom is -0.489 e. The van der Waals surface area contributed by atoms with Gasteiger partial charge in [0, 0.05) is 35.8 Å². The summed E-state index contributed by atoms with van der Waals surface area (Å²) in [6, 6.07) is 24.8. The van der Waals surface area contributed by atoms with Crippen molar-refractivity contribution in [3.05, 3.63) is 119 Å². The number of hydrogen-bond acceptors (Lipinski definition) is 5. The van der Waals surface area contributed by atoms with Gasteiger partial charge in [-0.1, -0.05) is 54.6 Å². The van der Waals surface area contributed by atoms with Crippen molar-refractivity contribution in [2.45, 2.75) is 26.2 Å². The molecule has 0 aliphatic heterocycles. The van der Waals surface area contributed by atoms with Crippen LogP contribution in [-0.4, -0.2) is 18.3 Å². The summed E-state index contributed by atoms with van der Waals surface area (Å²) >= 11 is 0. The third-order valence-corrected chi connectivity index (χ3v) is 6.07. The molecule has 0 radical (unpaired) electrons. The molecule has 0 saturated carbocycles. The third-order valence-electron chi connectivity index (χ3n) is 6.07. The highest BCUT2D eigenvalue weighted by molar-refractivity contribution is 5.69. The second kappa shape index (κ2) is 13.5. The molecule has 4 aromatic carbocycles. The number of nitrogens with one attached hydrogen (secondary N) is 1. The van der Waals surface area contributed by atoms with Gasteiger partial charge in [0.05, 0.1) is 18.2 Å². The Hall–Kier alpha value is -4.32. The lowest BCUT2D eigenvalue weighted by molar-refractivity contribution is 0.148. The van der Waals surface area contributed by atoms with Gasteiger partial charge in [-0.3, -0.25) is 0 Å². The molecule has 0 aromatic heterocycles. The number of ether oxygens (including phenoxy) is 2. The summed E-state index contributed by atoms with van der Waals surface area (Å²) in [5.41, 5.74) is 2.33. The highest BCUT2D eigenvalue weighted by Crippen LogP contribution is 2.36. The normalized spacial score (nSPS) is 10.9. The van der Waals surface area contributed by atoms with E-state index >= 15 is 0 Å². The first kappa shape index (κ1) is 27.7. The highest BCUT2D eigenvalue weighted by Gasteiger charge is 2.21. The zero-order valence-electron chi connectivity index (χ0n) is 21.0. The van der Waals surface area contributed by atoms with Crippen LogP contribution in [0.15, 0.2) is 84.9 Å². The number of nitriles is 1. The average Bonchev–Trinajstić information content (AvgIpc) is 2.96. The number of rotatable bonds is 12. The van der Waals surface area contributed by atoms with Crippen molar-refractivity contribution in [2.24, 2.45) is 0 Å². The van der Waals surface area contributed by atoms with Gasteiger partial charge in [0.25, 0.3) is 6.43 Å². The molecule has 0 spiro atoms. The van der Waals surface area contributed by atoms with Crippen LogP contribution in [0.5, 0.6) is 11.5 Å². The summed E-state index contributed by atoms with van der Waals surface area (Å²) in [7, 11) is 0. The molecule has 0 heterocycles.